The molecule has 138 valence electrons. The summed E-state index contributed by atoms with van der Waals surface area (Å²) in [6, 6.07) is 4.87. The lowest BCUT2D eigenvalue weighted by atomic mass is 10.0. The van der Waals surface area contributed by atoms with Crippen LogP contribution in [0.1, 0.15) is 30.0 Å². The van der Waals surface area contributed by atoms with Crippen LogP contribution in [0, 0.1) is 46.7 Å². The van der Waals surface area contributed by atoms with Crippen molar-refractivity contribution >= 4 is 10.8 Å². The van der Waals surface area contributed by atoms with Crippen LogP contribution in [0.4, 0.5) is 26.3 Å². The maximum absolute atomic E-state index is 14.1. The Morgan fingerprint density at radius 3 is 2.00 bits per heavy atom. The molecule has 0 heterocycles. The molecule has 0 unspecified atom stereocenters. The summed E-state index contributed by atoms with van der Waals surface area (Å²) in [7, 11) is 0. The van der Waals surface area contributed by atoms with Gasteiger partial charge in [-0.05, 0) is 47.7 Å². The van der Waals surface area contributed by atoms with E-state index in [0.717, 1.165) is 12.1 Å². The molecule has 0 atom stereocenters. The number of benzene rings is 3. The first-order valence-corrected chi connectivity index (χ1v) is 8.08. The van der Waals surface area contributed by atoms with Gasteiger partial charge < -0.3 is 0 Å². The largest absolute Gasteiger partial charge is 0.206 e. The minimum Gasteiger partial charge on any atom is -0.206 e. The molecular formula is C21H12F6. The zero-order valence-electron chi connectivity index (χ0n) is 14.1. The van der Waals surface area contributed by atoms with Crippen LogP contribution in [0.3, 0.4) is 0 Å². The van der Waals surface area contributed by atoms with Crippen molar-refractivity contribution < 1.29 is 26.3 Å². The highest BCUT2D eigenvalue weighted by molar-refractivity contribution is 5.85. The second-order valence-corrected chi connectivity index (χ2v) is 5.98. The van der Waals surface area contributed by atoms with Crippen LogP contribution in [-0.2, 0) is 6.42 Å². The number of hydrogen-bond donors (Lipinski definition) is 0. The fourth-order valence-electron chi connectivity index (χ4n) is 2.77. The first-order valence-electron chi connectivity index (χ1n) is 8.08. The molecule has 3 aromatic rings. The molecule has 0 N–H and O–H groups in total. The fraction of sp³-hybridized carbons (Fsp3) is 0.143. The molecule has 0 nitrogen and oxygen atoms in total. The molecule has 0 bridgehead atoms. The van der Waals surface area contributed by atoms with Crippen LogP contribution in [0.5, 0.6) is 0 Å². The van der Waals surface area contributed by atoms with Gasteiger partial charge in [0.2, 0.25) is 0 Å². The highest BCUT2D eigenvalue weighted by Crippen LogP contribution is 2.27. The molecule has 27 heavy (non-hydrogen) atoms. The van der Waals surface area contributed by atoms with E-state index in [1.807, 2.05) is 6.92 Å². The third-order valence-corrected chi connectivity index (χ3v) is 4.00. The molecule has 0 aromatic heterocycles. The van der Waals surface area contributed by atoms with Gasteiger partial charge in [-0.2, -0.15) is 0 Å². The van der Waals surface area contributed by atoms with Gasteiger partial charge in [0.25, 0.3) is 0 Å². The summed E-state index contributed by atoms with van der Waals surface area (Å²) in [6.45, 7) is 1.87. The monoisotopic (exact) mass is 378 g/mol. The van der Waals surface area contributed by atoms with E-state index in [-0.39, 0.29) is 10.9 Å². The third-order valence-electron chi connectivity index (χ3n) is 4.00. The molecule has 3 aromatic carbocycles. The summed E-state index contributed by atoms with van der Waals surface area (Å²) >= 11 is 0. The average molecular weight is 378 g/mol. The van der Waals surface area contributed by atoms with Gasteiger partial charge in [0.1, 0.15) is 17.5 Å². The van der Waals surface area contributed by atoms with Crippen molar-refractivity contribution in [3.8, 4) is 11.8 Å². The quantitative estimate of drug-likeness (QED) is 0.290. The van der Waals surface area contributed by atoms with Crippen molar-refractivity contribution in [1.82, 2.24) is 0 Å². The van der Waals surface area contributed by atoms with Gasteiger partial charge in [-0.3, -0.25) is 0 Å². The summed E-state index contributed by atoms with van der Waals surface area (Å²) in [6.07, 6.45) is 1.22. The van der Waals surface area contributed by atoms with Crippen molar-refractivity contribution in [3.05, 3.63) is 81.9 Å². The minimum atomic E-state index is -1.78. The molecule has 0 saturated heterocycles. The van der Waals surface area contributed by atoms with Crippen molar-refractivity contribution in [2.75, 3.05) is 0 Å². The van der Waals surface area contributed by atoms with Crippen LogP contribution >= 0.6 is 0 Å². The summed E-state index contributed by atoms with van der Waals surface area (Å²) in [5.41, 5.74) is -0.0727. The standard InChI is InChI=1S/C21H12F6/c1-2-3-11-7-15(22)14(16(23)8-11)5-4-12-6-13-10-18(25)20(26)21(27)19(13)17(24)9-12/h6-10H,2-3H2,1H3. The highest BCUT2D eigenvalue weighted by atomic mass is 19.2. The van der Waals surface area contributed by atoms with Gasteiger partial charge in [-0.15, -0.1) is 0 Å². The van der Waals surface area contributed by atoms with E-state index in [1.54, 1.807) is 0 Å². The zero-order chi connectivity index (χ0) is 19.7. The van der Waals surface area contributed by atoms with Crippen molar-refractivity contribution in [2.24, 2.45) is 0 Å². The molecule has 0 aliphatic rings. The van der Waals surface area contributed by atoms with E-state index in [2.05, 4.69) is 11.8 Å². The van der Waals surface area contributed by atoms with Crippen LogP contribution in [0.25, 0.3) is 10.8 Å². The SMILES string of the molecule is CCCc1cc(F)c(C#Cc2cc(F)c3c(F)c(F)c(F)cc3c2)c(F)c1. The van der Waals surface area contributed by atoms with Crippen molar-refractivity contribution in [3.63, 3.8) is 0 Å². The molecule has 6 heteroatoms. The number of rotatable bonds is 2. The molecule has 0 aliphatic heterocycles. The van der Waals surface area contributed by atoms with Crippen LogP contribution in [0.2, 0.25) is 0 Å². The molecule has 0 amide bonds. The van der Waals surface area contributed by atoms with E-state index in [1.165, 1.54) is 12.1 Å². The van der Waals surface area contributed by atoms with Crippen LogP contribution in [-0.4, -0.2) is 0 Å². The predicted molar refractivity (Wildman–Crippen MR) is 90.1 cm³/mol. The summed E-state index contributed by atoms with van der Waals surface area (Å²) in [5, 5.41) is -0.976. The first kappa shape index (κ1) is 18.8. The molecule has 0 saturated carbocycles. The van der Waals surface area contributed by atoms with E-state index < -0.39 is 45.9 Å². The smallest absolute Gasteiger partial charge is 0.195 e. The normalized spacial score (nSPS) is 10.8. The van der Waals surface area contributed by atoms with Gasteiger partial charge in [0.15, 0.2) is 17.5 Å². The second-order valence-electron chi connectivity index (χ2n) is 5.98. The Labute approximate surface area is 151 Å². The maximum atomic E-state index is 14.1. The zero-order valence-corrected chi connectivity index (χ0v) is 14.1. The highest BCUT2D eigenvalue weighted by Gasteiger charge is 2.17. The third kappa shape index (κ3) is 3.63. The van der Waals surface area contributed by atoms with E-state index in [0.29, 0.717) is 24.5 Å². The van der Waals surface area contributed by atoms with Crippen LogP contribution in [0.15, 0.2) is 30.3 Å². The fourth-order valence-corrected chi connectivity index (χ4v) is 2.77. The summed E-state index contributed by atoms with van der Waals surface area (Å²) in [4.78, 5) is 0. The van der Waals surface area contributed by atoms with E-state index in [9.17, 15) is 26.3 Å². The maximum Gasteiger partial charge on any atom is 0.195 e. The van der Waals surface area contributed by atoms with E-state index >= 15 is 0 Å². The van der Waals surface area contributed by atoms with Gasteiger partial charge >= 0.3 is 0 Å². The average Bonchev–Trinajstić information content (AvgIpc) is 2.59. The molecule has 3 rings (SSSR count). The Balaban J connectivity index is 2.08. The number of halogens is 6. The topological polar surface area (TPSA) is 0 Å². The van der Waals surface area contributed by atoms with Gasteiger partial charge in [0.05, 0.1) is 10.9 Å². The first-order chi connectivity index (χ1) is 12.8. The van der Waals surface area contributed by atoms with Gasteiger partial charge in [0, 0.05) is 5.56 Å². The van der Waals surface area contributed by atoms with Crippen LogP contribution < -0.4 is 0 Å². The Morgan fingerprint density at radius 2 is 1.37 bits per heavy atom. The molecule has 0 fully saturated rings. The molecular weight excluding hydrogens is 366 g/mol. The van der Waals surface area contributed by atoms with Gasteiger partial charge in [-0.25, -0.2) is 26.3 Å². The second kappa shape index (κ2) is 7.36. The minimum absolute atomic E-state index is 0.0677. The van der Waals surface area contributed by atoms with Crippen molar-refractivity contribution in [1.29, 1.82) is 0 Å². The Kier molecular flexibility index (Phi) is 5.13. The molecule has 0 spiro atoms. The lowest BCUT2D eigenvalue weighted by Crippen LogP contribution is -1.96. The van der Waals surface area contributed by atoms with E-state index in [4.69, 9.17) is 0 Å². The summed E-state index contributed by atoms with van der Waals surface area (Å²) < 4.78 is 82.6. The Bertz CT molecular complexity index is 1080. The number of fused-ring (bicyclic) bond motifs is 1. The molecule has 0 radical (unpaired) electrons. The molecule has 0 aliphatic carbocycles. The number of aryl methyl sites for hydroxylation is 1. The lowest BCUT2D eigenvalue weighted by Gasteiger charge is -2.05. The summed E-state index contributed by atoms with van der Waals surface area (Å²) in [5.74, 6) is -3.13. The van der Waals surface area contributed by atoms with Crippen molar-refractivity contribution in [2.45, 2.75) is 19.8 Å². The Hall–Kier alpha value is -2.94. The Morgan fingerprint density at radius 1 is 0.704 bits per heavy atom. The predicted octanol–water partition coefficient (Wildman–Crippen LogP) is 6.03. The lowest BCUT2D eigenvalue weighted by molar-refractivity contribution is 0.451. The number of hydrogen-bond acceptors (Lipinski definition) is 0. The van der Waals surface area contributed by atoms with Gasteiger partial charge in [-0.1, -0.05) is 25.2 Å².